The first-order valence-electron chi connectivity index (χ1n) is 6.40. The third-order valence-electron chi connectivity index (χ3n) is 2.47. The highest BCUT2D eigenvalue weighted by molar-refractivity contribution is 9.10. The quantitative estimate of drug-likeness (QED) is 0.232. The highest BCUT2D eigenvalue weighted by Gasteiger charge is 2.03. The Morgan fingerprint density at radius 1 is 1.45 bits per heavy atom. The molecule has 0 aliphatic carbocycles. The molecule has 0 atom stereocenters. The zero-order valence-electron chi connectivity index (χ0n) is 11.8. The number of nitrogens with zero attached hydrogens (tertiary/aromatic N) is 1. The second-order valence-corrected chi connectivity index (χ2v) is 4.75. The van der Waals surface area contributed by atoms with Crippen molar-refractivity contribution >= 4 is 27.6 Å². The summed E-state index contributed by atoms with van der Waals surface area (Å²) in [4.78, 5) is 4.32. The molecule has 0 saturated carbocycles. The van der Waals surface area contributed by atoms with Gasteiger partial charge in [-0.15, -0.1) is 0 Å². The van der Waals surface area contributed by atoms with Crippen molar-refractivity contribution in [2.24, 2.45) is 10.8 Å². The number of benzene rings is 1. The van der Waals surface area contributed by atoms with Gasteiger partial charge in [-0.05, 0) is 41.4 Å². The summed E-state index contributed by atoms with van der Waals surface area (Å²) in [7, 11) is 1.62. The first-order chi connectivity index (χ1) is 9.71. The van der Waals surface area contributed by atoms with Gasteiger partial charge in [0, 0.05) is 31.5 Å². The van der Waals surface area contributed by atoms with Gasteiger partial charge in [0.2, 0.25) is 5.96 Å². The fraction of sp³-hybridized carbons (Fsp3) is 0.462. The van der Waals surface area contributed by atoms with Gasteiger partial charge in [-0.25, -0.2) is 5.84 Å². The first-order valence-corrected chi connectivity index (χ1v) is 7.20. The van der Waals surface area contributed by atoms with Crippen LogP contribution in [0.1, 0.15) is 13.3 Å². The number of nitrogens with one attached hydrogen (secondary N) is 2. The number of guanidine groups is 1. The van der Waals surface area contributed by atoms with Gasteiger partial charge >= 0.3 is 0 Å². The smallest absolute Gasteiger partial charge is 0.210 e. The first kappa shape index (κ1) is 16.7. The van der Waals surface area contributed by atoms with Crippen LogP contribution in [0.15, 0.2) is 27.7 Å². The van der Waals surface area contributed by atoms with Crippen molar-refractivity contribution in [3.63, 3.8) is 0 Å². The molecule has 6 nitrogen and oxygen atoms in total. The Morgan fingerprint density at radius 3 is 2.90 bits per heavy atom. The summed E-state index contributed by atoms with van der Waals surface area (Å²) in [6.45, 7) is 4.03. The number of hydrogen-bond donors (Lipinski definition) is 3. The summed E-state index contributed by atoms with van der Waals surface area (Å²) < 4.78 is 11.4. The maximum absolute atomic E-state index is 5.45. The average Bonchev–Trinajstić information content (AvgIpc) is 2.47. The number of nitrogens with two attached hydrogens (primary N) is 1. The molecule has 0 heterocycles. The summed E-state index contributed by atoms with van der Waals surface area (Å²) in [5.41, 5.74) is 3.38. The molecular formula is C13H21BrN4O2. The van der Waals surface area contributed by atoms with E-state index in [4.69, 9.17) is 15.3 Å². The summed E-state index contributed by atoms with van der Waals surface area (Å²) >= 11 is 3.40. The van der Waals surface area contributed by atoms with E-state index in [2.05, 4.69) is 31.7 Å². The van der Waals surface area contributed by atoms with Crippen molar-refractivity contribution < 1.29 is 9.47 Å². The molecule has 1 aromatic rings. The molecule has 0 saturated heterocycles. The van der Waals surface area contributed by atoms with Gasteiger partial charge < -0.3 is 14.8 Å². The number of aliphatic imine (C=N–C) groups is 1. The summed E-state index contributed by atoms with van der Waals surface area (Å²) in [5, 5.41) is 3.09. The number of hydrogen-bond acceptors (Lipinski definition) is 4. The number of ether oxygens (including phenoxy) is 2. The van der Waals surface area contributed by atoms with Crippen molar-refractivity contribution in [3.05, 3.63) is 22.7 Å². The highest BCUT2D eigenvalue weighted by atomic mass is 79.9. The number of hydrazine groups is 1. The van der Waals surface area contributed by atoms with E-state index in [1.807, 2.05) is 25.1 Å². The van der Waals surface area contributed by atoms with Crippen LogP contribution < -0.4 is 21.3 Å². The van der Waals surface area contributed by atoms with E-state index in [1.54, 1.807) is 7.11 Å². The Hall–Kier alpha value is -1.31. The zero-order valence-corrected chi connectivity index (χ0v) is 13.4. The Kier molecular flexibility index (Phi) is 8.01. The van der Waals surface area contributed by atoms with Gasteiger partial charge in [-0.1, -0.05) is 0 Å². The van der Waals surface area contributed by atoms with Crippen LogP contribution in [0.4, 0.5) is 5.69 Å². The Balaban J connectivity index is 2.56. The standard InChI is InChI=1S/C13H21BrN4O2/c1-3-20-8-4-7-16-13(18-15)17-10-5-6-11(14)12(9-10)19-2/h5-6,9H,3-4,7-8,15H2,1-2H3,(H2,16,17,18). The van der Waals surface area contributed by atoms with Crippen LogP contribution in [0.5, 0.6) is 5.75 Å². The van der Waals surface area contributed by atoms with Crippen molar-refractivity contribution in [2.75, 3.05) is 32.2 Å². The van der Waals surface area contributed by atoms with Crippen LogP contribution in [0.2, 0.25) is 0 Å². The predicted octanol–water partition coefficient (Wildman–Crippen LogP) is 2.12. The topological polar surface area (TPSA) is 80.9 Å². The maximum atomic E-state index is 5.45. The summed E-state index contributed by atoms with van der Waals surface area (Å²) in [6, 6.07) is 5.65. The minimum absolute atomic E-state index is 0.505. The Bertz CT molecular complexity index is 440. The molecule has 1 rings (SSSR count). The third-order valence-corrected chi connectivity index (χ3v) is 3.13. The minimum atomic E-state index is 0.505. The van der Waals surface area contributed by atoms with Gasteiger partial charge in [0.1, 0.15) is 5.75 Å². The number of anilines is 1. The van der Waals surface area contributed by atoms with E-state index in [-0.39, 0.29) is 0 Å². The molecule has 0 fully saturated rings. The summed E-state index contributed by atoms with van der Waals surface area (Å²) in [5.74, 6) is 6.69. The van der Waals surface area contributed by atoms with Crippen LogP contribution in [0.3, 0.4) is 0 Å². The molecule has 0 unspecified atom stereocenters. The molecule has 1 aromatic carbocycles. The molecule has 0 aromatic heterocycles. The average molecular weight is 345 g/mol. The molecule has 0 bridgehead atoms. The lowest BCUT2D eigenvalue weighted by Gasteiger charge is -2.11. The van der Waals surface area contributed by atoms with E-state index in [1.165, 1.54) is 0 Å². The van der Waals surface area contributed by atoms with E-state index in [9.17, 15) is 0 Å². The van der Waals surface area contributed by atoms with Crippen molar-refractivity contribution in [1.29, 1.82) is 0 Å². The number of halogens is 1. The molecule has 7 heteroatoms. The molecule has 112 valence electrons. The minimum Gasteiger partial charge on any atom is -0.495 e. The molecule has 20 heavy (non-hydrogen) atoms. The molecule has 0 radical (unpaired) electrons. The Labute approximate surface area is 127 Å². The van der Waals surface area contributed by atoms with Crippen LogP contribution in [-0.4, -0.2) is 32.8 Å². The van der Waals surface area contributed by atoms with Crippen LogP contribution in [0, 0.1) is 0 Å². The fourth-order valence-corrected chi connectivity index (χ4v) is 1.91. The second kappa shape index (κ2) is 9.57. The molecule has 0 aliphatic heterocycles. The largest absolute Gasteiger partial charge is 0.495 e. The van der Waals surface area contributed by atoms with Gasteiger partial charge in [-0.3, -0.25) is 10.4 Å². The molecular weight excluding hydrogens is 324 g/mol. The van der Waals surface area contributed by atoms with Crippen molar-refractivity contribution in [3.8, 4) is 5.75 Å². The van der Waals surface area contributed by atoms with Crippen LogP contribution in [0.25, 0.3) is 0 Å². The zero-order chi connectivity index (χ0) is 14.8. The van der Waals surface area contributed by atoms with E-state index in [0.717, 1.165) is 28.9 Å². The molecule has 0 spiro atoms. The van der Waals surface area contributed by atoms with Gasteiger partial charge in [0.25, 0.3) is 0 Å². The fourth-order valence-electron chi connectivity index (χ4n) is 1.50. The lowest BCUT2D eigenvalue weighted by atomic mass is 10.3. The van der Waals surface area contributed by atoms with Crippen LogP contribution in [-0.2, 0) is 4.74 Å². The lowest BCUT2D eigenvalue weighted by molar-refractivity contribution is 0.146. The Morgan fingerprint density at radius 2 is 2.25 bits per heavy atom. The van der Waals surface area contributed by atoms with E-state index < -0.39 is 0 Å². The van der Waals surface area contributed by atoms with Crippen molar-refractivity contribution in [2.45, 2.75) is 13.3 Å². The van der Waals surface area contributed by atoms with Gasteiger partial charge in [-0.2, -0.15) is 0 Å². The molecule has 0 aliphatic rings. The van der Waals surface area contributed by atoms with Gasteiger partial charge in [0.05, 0.1) is 11.6 Å². The molecule has 0 amide bonds. The van der Waals surface area contributed by atoms with Gasteiger partial charge in [0.15, 0.2) is 0 Å². The van der Waals surface area contributed by atoms with E-state index >= 15 is 0 Å². The molecule has 4 N–H and O–H groups in total. The van der Waals surface area contributed by atoms with E-state index in [0.29, 0.717) is 19.1 Å². The van der Waals surface area contributed by atoms with Crippen molar-refractivity contribution in [1.82, 2.24) is 5.43 Å². The maximum Gasteiger partial charge on any atom is 0.210 e. The predicted molar refractivity (Wildman–Crippen MR) is 85.1 cm³/mol. The second-order valence-electron chi connectivity index (χ2n) is 3.90. The number of methoxy groups -OCH3 is 1. The highest BCUT2D eigenvalue weighted by Crippen LogP contribution is 2.27. The monoisotopic (exact) mass is 344 g/mol. The summed E-state index contributed by atoms with van der Waals surface area (Å²) in [6.07, 6.45) is 0.852. The normalized spacial score (nSPS) is 11.3. The third kappa shape index (κ3) is 5.77. The SMILES string of the molecule is CCOCCCN=C(NN)Nc1ccc(Br)c(OC)c1. The lowest BCUT2D eigenvalue weighted by Crippen LogP contribution is -2.36. The number of rotatable bonds is 7. The van der Waals surface area contributed by atoms with Crippen LogP contribution >= 0.6 is 15.9 Å².